The monoisotopic (exact) mass is 298 g/mol. The maximum absolute atomic E-state index is 11.1. The fraction of sp³-hybridized carbons (Fsp3) is 0.375. The van der Waals surface area contributed by atoms with Gasteiger partial charge in [-0.15, -0.1) is 0 Å². The Bertz CT molecular complexity index is 717. The molecule has 1 N–H and O–H groups in total. The maximum atomic E-state index is 11.1. The van der Waals surface area contributed by atoms with Crippen molar-refractivity contribution < 1.29 is 9.90 Å². The van der Waals surface area contributed by atoms with Gasteiger partial charge in [-0.05, 0) is 45.5 Å². The molecule has 0 saturated carbocycles. The molecule has 0 spiro atoms. The lowest BCUT2D eigenvalue weighted by molar-refractivity contribution is 0.0696. The van der Waals surface area contributed by atoms with Crippen LogP contribution >= 0.6 is 0 Å². The Morgan fingerprint density at radius 1 is 1.32 bits per heavy atom. The van der Waals surface area contributed by atoms with Crippen LogP contribution in [0.25, 0.3) is 11.3 Å². The van der Waals surface area contributed by atoms with Crippen molar-refractivity contribution in [2.24, 2.45) is 0 Å². The minimum Gasteiger partial charge on any atom is -0.478 e. The van der Waals surface area contributed by atoms with Crippen molar-refractivity contribution in [2.45, 2.75) is 25.8 Å². The van der Waals surface area contributed by atoms with Gasteiger partial charge in [0.2, 0.25) is 0 Å². The highest BCUT2D eigenvalue weighted by atomic mass is 16.4. The smallest absolute Gasteiger partial charge is 0.337 e. The second-order valence-corrected chi connectivity index (χ2v) is 5.63. The molecule has 1 aliphatic heterocycles. The number of nitrogens with zero attached hydrogens (tertiary/aromatic N) is 4. The van der Waals surface area contributed by atoms with Gasteiger partial charge < -0.3 is 5.11 Å². The molecule has 0 bridgehead atoms. The third kappa shape index (κ3) is 2.82. The van der Waals surface area contributed by atoms with Gasteiger partial charge in [0.25, 0.3) is 0 Å². The van der Waals surface area contributed by atoms with Crippen molar-refractivity contribution in [3.63, 3.8) is 0 Å². The molecular weight excluding hydrogens is 280 g/mol. The summed E-state index contributed by atoms with van der Waals surface area (Å²) in [7, 11) is 2.10. The van der Waals surface area contributed by atoms with Crippen LogP contribution in [-0.2, 0) is 0 Å². The summed E-state index contributed by atoms with van der Waals surface area (Å²) in [5, 5.41) is 9.09. The Morgan fingerprint density at radius 3 is 2.82 bits per heavy atom. The van der Waals surface area contributed by atoms with E-state index in [-0.39, 0.29) is 5.56 Å². The van der Waals surface area contributed by atoms with Gasteiger partial charge >= 0.3 is 5.97 Å². The first kappa shape index (κ1) is 14.6. The average Bonchev–Trinajstić information content (AvgIpc) is 2.93. The number of likely N-dealkylation sites (tertiary alicyclic amines) is 1. The van der Waals surface area contributed by atoms with Gasteiger partial charge in [-0.2, -0.15) is 0 Å². The first-order valence-corrected chi connectivity index (χ1v) is 7.29. The van der Waals surface area contributed by atoms with Crippen LogP contribution in [0.2, 0.25) is 0 Å². The van der Waals surface area contributed by atoms with Crippen LogP contribution in [0.1, 0.15) is 40.8 Å². The lowest BCUT2D eigenvalue weighted by atomic mass is 10.1. The van der Waals surface area contributed by atoms with Gasteiger partial charge in [0.15, 0.2) is 0 Å². The predicted molar refractivity (Wildman–Crippen MR) is 81.6 cm³/mol. The van der Waals surface area contributed by atoms with E-state index in [0.717, 1.165) is 30.8 Å². The molecule has 114 valence electrons. The number of aromatic nitrogens is 3. The zero-order valence-corrected chi connectivity index (χ0v) is 12.7. The molecule has 3 rings (SSSR count). The lowest BCUT2D eigenvalue weighted by Crippen LogP contribution is -2.19. The van der Waals surface area contributed by atoms with Crippen LogP contribution in [0, 0.1) is 6.92 Å². The number of carboxylic acid groups (broad SMARTS) is 1. The highest BCUT2D eigenvalue weighted by molar-refractivity contribution is 5.88. The molecule has 2 aromatic heterocycles. The number of rotatable bonds is 3. The molecule has 0 amide bonds. The highest BCUT2D eigenvalue weighted by Crippen LogP contribution is 2.31. The minimum atomic E-state index is -0.990. The molecule has 3 heterocycles. The van der Waals surface area contributed by atoms with Crippen molar-refractivity contribution in [3.05, 3.63) is 41.6 Å². The van der Waals surface area contributed by atoms with E-state index in [9.17, 15) is 4.79 Å². The summed E-state index contributed by atoms with van der Waals surface area (Å²) in [6, 6.07) is 3.84. The molecule has 0 unspecified atom stereocenters. The van der Waals surface area contributed by atoms with Crippen molar-refractivity contribution in [3.8, 4) is 11.3 Å². The molecule has 22 heavy (non-hydrogen) atoms. The average molecular weight is 298 g/mol. The van der Waals surface area contributed by atoms with Crippen LogP contribution in [-0.4, -0.2) is 44.5 Å². The molecule has 6 heteroatoms. The zero-order valence-electron chi connectivity index (χ0n) is 12.7. The molecule has 0 aromatic carbocycles. The molecule has 1 fully saturated rings. The number of hydrogen-bond donors (Lipinski definition) is 1. The summed E-state index contributed by atoms with van der Waals surface area (Å²) in [4.78, 5) is 26.4. The lowest BCUT2D eigenvalue weighted by Gasteiger charge is -2.19. The van der Waals surface area contributed by atoms with Crippen LogP contribution in [0.15, 0.2) is 24.5 Å². The molecule has 0 aliphatic carbocycles. The van der Waals surface area contributed by atoms with Crippen LogP contribution in [0.3, 0.4) is 0 Å². The fourth-order valence-electron chi connectivity index (χ4n) is 2.89. The van der Waals surface area contributed by atoms with E-state index in [1.807, 2.05) is 13.0 Å². The summed E-state index contributed by atoms with van der Waals surface area (Å²) in [5.41, 5.74) is 2.57. The van der Waals surface area contributed by atoms with Gasteiger partial charge in [0.05, 0.1) is 23.0 Å². The van der Waals surface area contributed by atoms with E-state index in [4.69, 9.17) is 5.11 Å². The standard InChI is InChI=1S/C16H18N4O2/c1-10-18-13(11-6-12(16(21)22)9-17-8-11)7-14(19-10)15-4-3-5-20(15)2/h6-9,15H,3-5H2,1-2H3,(H,21,22)/t15-/m1/s1. The second-order valence-electron chi connectivity index (χ2n) is 5.63. The Kier molecular flexibility index (Phi) is 3.85. The largest absolute Gasteiger partial charge is 0.478 e. The van der Waals surface area contributed by atoms with Gasteiger partial charge in [-0.25, -0.2) is 14.8 Å². The number of aryl methyl sites for hydroxylation is 1. The number of pyridine rings is 1. The zero-order chi connectivity index (χ0) is 15.7. The summed E-state index contributed by atoms with van der Waals surface area (Å²) in [5.74, 6) is -0.301. The van der Waals surface area contributed by atoms with Crippen LogP contribution in [0.4, 0.5) is 0 Å². The SMILES string of the molecule is Cc1nc(-c2cncc(C(=O)O)c2)cc([C@H]2CCCN2C)n1. The van der Waals surface area contributed by atoms with Crippen molar-refractivity contribution in [2.75, 3.05) is 13.6 Å². The first-order chi connectivity index (χ1) is 10.5. The van der Waals surface area contributed by atoms with Crippen molar-refractivity contribution in [1.82, 2.24) is 19.9 Å². The Balaban J connectivity index is 2.02. The van der Waals surface area contributed by atoms with E-state index in [0.29, 0.717) is 17.4 Å². The van der Waals surface area contributed by atoms with E-state index in [1.165, 1.54) is 6.20 Å². The van der Waals surface area contributed by atoms with Gasteiger partial charge in [-0.1, -0.05) is 0 Å². The van der Waals surface area contributed by atoms with E-state index >= 15 is 0 Å². The molecule has 2 aromatic rings. The predicted octanol–water partition coefficient (Wildman–Crippen LogP) is 2.31. The first-order valence-electron chi connectivity index (χ1n) is 7.29. The van der Waals surface area contributed by atoms with Gasteiger partial charge in [0.1, 0.15) is 5.82 Å². The number of aromatic carboxylic acids is 1. The summed E-state index contributed by atoms with van der Waals surface area (Å²) >= 11 is 0. The summed E-state index contributed by atoms with van der Waals surface area (Å²) in [6.45, 7) is 2.93. The van der Waals surface area contributed by atoms with Crippen molar-refractivity contribution >= 4 is 5.97 Å². The molecule has 1 atom stereocenters. The second kappa shape index (κ2) is 5.81. The normalized spacial score (nSPS) is 18.5. The topological polar surface area (TPSA) is 79.2 Å². The van der Waals surface area contributed by atoms with E-state index in [2.05, 4.69) is 26.9 Å². The molecule has 6 nitrogen and oxygen atoms in total. The van der Waals surface area contributed by atoms with E-state index < -0.39 is 5.97 Å². The van der Waals surface area contributed by atoms with Crippen LogP contribution < -0.4 is 0 Å². The number of hydrogen-bond acceptors (Lipinski definition) is 5. The number of carboxylic acids is 1. The summed E-state index contributed by atoms with van der Waals surface area (Å²) < 4.78 is 0. The van der Waals surface area contributed by atoms with Gasteiger partial charge in [0, 0.05) is 18.0 Å². The maximum Gasteiger partial charge on any atom is 0.337 e. The van der Waals surface area contributed by atoms with Crippen molar-refractivity contribution in [1.29, 1.82) is 0 Å². The third-order valence-electron chi connectivity index (χ3n) is 4.00. The number of carbonyl (C=O) groups is 1. The Morgan fingerprint density at radius 2 is 2.14 bits per heavy atom. The summed E-state index contributed by atoms with van der Waals surface area (Å²) in [6.07, 6.45) is 5.22. The van der Waals surface area contributed by atoms with Crippen LogP contribution in [0.5, 0.6) is 0 Å². The third-order valence-corrected chi connectivity index (χ3v) is 4.00. The molecule has 0 radical (unpaired) electrons. The fourth-order valence-corrected chi connectivity index (χ4v) is 2.89. The van der Waals surface area contributed by atoms with Gasteiger partial charge in [-0.3, -0.25) is 9.88 Å². The Labute approximate surface area is 128 Å². The molecule has 1 saturated heterocycles. The molecular formula is C16H18N4O2. The highest BCUT2D eigenvalue weighted by Gasteiger charge is 2.24. The molecule has 1 aliphatic rings. The van der Waals surface area contributed by atoms with E-state index in [1.54, 1.807) is 12.3 Å². The quantitative estimate of drug-likeness (QED) is 0.936. The minimum absolute atomic E-state index is 0.160. The Hall–Kier alpha value is -2.34.